The minimum atomic E-state index is -0.0418. The van der Waals surface area contributed by atoms with Crippen molar-refractivity contribution in [2.24, 2.45) is 11.7 Å². The molecule has 0 aromatic rings. The van der Waals surface area contributed by atoms with E-state index in [1.54, 1.807) is 11.9 Å². The second kappa shape index (κ2) is 5.86. The highest BCUT2D eigenvalue weighted by atomic mass is 16.2. The summed E-state index contributed by atoms with van der Waals surface area (Å²) in [7, 11) is 1.77. The number of nitriles is 1. The lowest BCUT2D eigenvalue weighted by atomic mass is 9.84. The molecule has 1 rings (SSSR count). The topological polar surface area (TPSA) is 70.1 Å². The van der Waals surface area contributed by atoms with E-state index in [9.17, 15) is 4.79 Å². The van der Waals surface area contributed by atoms with E-state index in [2.05, 4.69) is 6.07 Å². The van der Waals surface area contributed by atoms with E-state index >= 15 is 0 Å². The Bertz CT molecular complexity index is 284. The second-order valence-corrected chi connectivity index (χ2v) is 4.72. The lowest BCUT2D eigenvalue weighted by molar-refractivity contribution is -0.137. The third kappa shape index (κ3) is 2.96. The van der Waals surface area contributed by atoms with E-state index in [4.69, 9.17) is 11.0 Å². The van der Waals surface area contributed by atoms with Crippen LogP contribution >= 0.6 is 0 Å². The van der Waals surface area contributed by atoms with Crippen molar-refractivity contribution in [2.45, 2.75) is 51.1 Å². The van der Waals surface area contributed by atoms with E-state index in [1.165, 1.54) is 0 Å². The maximum absolute atomic E-state index is 12.2. The Morgan fingerprint density at radius 3 is 2.75 bits per heavy atom. The Hall–Kier alpha value is -1.08. The third-order valence-electron chi connectivity index (χ3n) is 3.53. The number of hydrogen-bond donors (Lipinski definition) is 1. The van der Waals surface area contributed by atoms with Gasteiger partial charge in [-0.3, -0.25) is 4.79 Å². The number of carbonyl (C=O) groups excluding carboxylic acids is 1. The Morgan fingerprint density at radius 2 is 2.19 bits per heavy atom. The molecule has 0 bridgehead atoms. The summed E-state index contributed by atoms with van der Waals surface area (Å²) in [6, 6.07) is 2.07. The zero-order valence-corrected chi connectivity index (χ0v) is 10.1. The van der Waals surface area contributed by atoms with Crippen LogP contribution in [-0.2, 0) is 4.79 Å². The van der Waals surface area contributed by atoms with Crippen LogP contribution in [0.4, 0.5) is 0 Å². The molecule has 2 N–H and O–H groups in total. The van der Waals surface area contributed by atoms with Gasteiger partial charge in [0.25, 0.3) is 0 Å². The summed E-state index contributed by atoms with van der Waals surface area (Å²) in [5.74, 6) is 0.0647. The maximum Gasteiger partial charge on any atom is 0.227 e. The van der Waals surface area contributed by atoms with Crippen LogP contribution in [-0.4, -0.2) is 29.9 Å². The van der Waals surface area contributed by atoms with Crippen LogP contribution in [0.15, 0.2) is 0 Å². The summed E-state index contributed by atoms with van der Waals surface area (Å²) >= 11 is 0. The van der Waals surface area contributed by atoms with Crippen LogP contribution in [0.5, 0.6) is 0 Å². The predicted octanol–water partition coefficient (Wildman–Crippen LogP) is 1.26. The molecule has 3 unspecified atom stereocenters. The van der Waals surface area contributed by atoms with E-state index in [1.807, 2.05) is 6.92 Å². The molecule has 0 aliphatic heterocycles. The fourth-order valence-corrected chi connectivity index (χ4v) is 2.21. The first-order valence-electron chi connectivity index (χ1n) is 5.97. The van der Waals surface area contributed by atoms with Crippen LogP contribution in [0, 0.1) is 17.2 Å². The second-order valence-electron chi connectivity index (χ2n) is 4.72. The Labute approximate surface area is 97.4 Å². The number of carbonyl (C=O) groups is 1. The van der Waals surface area contributed by atoms with Crippen molar-refractivity contribution >= 4 is 5.91 Å². The fourth-order valence-electron chi connectivity index (χ4n) is 2.21. The first kappa shape index (κ1) is 13.0. The molecule has 0 spiro atoms. The molecule has 1 saturated carbocycles. The highest BCUT2D eigenvalue weighted by Gasteiger charge is 2.31. The zero-order valence-electron chi connectivity index (χ0n) is 10.1. The van der Waals surface area contributed by atoms with Gasteiger partial charge in [-0.15, -0.1) is 0 Å². The van der Waals surface area contributed by atoms with Crippen LogP contribution in [0.1, 0.15) is 39.0 Å². The normalized spacial score (nSPS) is 26.9. The molecule has 1 fully saturated rings. The van der Waals surface area contributed by atoms with Gasteiger partial charge in [0.2, 0.25) is 5.91 Å². The Balaban J connectivity index is 2.58. The van der Waals surface area contributed by atoms with E-state index < -0.39 is 0 Å². The zero-order chi connectivity index (χ0) is 12.1. The molecule has 1 amide bonds. The summed E-state index contributed by atoms with van der Waals surface area (Å²) in [5, 5.41) is 8.62. The minimum absolute atomic E-state index is 0.00187. The van der Waals surface area contributed by atoms with Crippen molar-refractivity contribution in [1.82, 2.24) is 4.90 Å². The highest BCUT2D eigenvalue weighted by molar-refractivity contribution is 5.79. The van der Waals surface area contributed by atoms with Crippen LogP contribution in [0.3, 0.4) is 0 Å². The summed E-state index contributed by atoms with van der Waals surface area (Å²) in [5.41, 5.74) is 5.98. The molecule has 0 aromatic heterocycles. The average molecular weight is 223 g/mol. The monoisotopic (exact) mass is 223 g/mol. The summed E-state index contributed by atoms with van der Waals surface area (Å²) in [4.78, 5) is 13.8. The van der Waals surface area contributed by atoms with Gasteiger partial charge < -0.3 is 10.6 Å². The first-order valence-corrected chi connectivity index (χ1v) is 5.97. The van der Waals surface area contributed by atoms with Gasteiger partial charge >= 0.3 is 0 Å². The minimum Gasteiger partial charge on any atom is -0.342 e. The molecular weight excluding hydrogens is 202 g/mol. The number of rotatable bonds is 3. The molecule has 4 nitrogen and oxygen atoms in total. The number of amides is 1. The molecule has 90 valence electrons. The molecule has 0 heterocycles. The van der Waals surface area contributed by atoms with Gasteiger partial charge in [-0.25, -0.2) is 0 Å². The molecule has 0 saturated heterocycles. The molecule has 0 radical (unpaired) electrons. The lowest BCUT2D eigenvalue weighted by Gasteiger charge is -2.33. The SMILES string of the molecule is CC(CC#N)N(C)C(=O)C1CCCCC1N. The maximum atomic E-state index is 12.2. The molecule has 16 heavy (non-hydrogen) atoms. The smallest absolute Gasteiger partial charge is 0.227 e. The van der Waals surface area contributed by atoms with Gasteiger partial charge in [-0.1, -0.05) is 12.8 Å². The van der Waals surface area contributed by atoms with Crippen LogP contribution < -0.4 is 5.73 Å². The van der Waals surface area contributed by atoms with Gasteiger partial charge in [0.1, 0.15) is 0 Å². The summed E-state index contributed by atoms with van der Waals surface area (Å²) in [6.07, 6.45) is 4.43. The van der Waals surface area contributed by atoms with E-state index in [0.29, 0.717) is 6.42 Å². The fraction of sp³-hybridized carbons (Fsp3) is 0.833. The van der Waals surface area contributed by atoms with Crippen molar-refractivity contribution in [3.05, 3.63) is 0 Å². The van der Waals surface area contributed by atoms with Gasteiger partial charge in [0.05, 0.1) is 18.4 Å². The third-order valence-corrected chi connectivity index (χ3v) is 3.53. The van der Waals surface area contributed by atoms with Crippen LogP contribution in [0.2, 0.25) is 0 Å². The quantitative estimate of drug-likeness (QED) is 0.783. The molecule has 0 aromatic carbocycles. The van der Waals surface area contributed by atoms with Gasteiger partial charge in [0, 0.05) is 19.1 Å². The van der Waals surface area contributed by atoms with E-state index in [0.717, 1.165) is 25.7 Å². The van der Waals surface area contributed by atoms with Crippen molar-refractivity contribution < 1.29 is 4.79 Å². The summed E-state index contributed by atoms with van der Waals surface area (Å²) in [6.45, 7) is 1.90. The standard InChI is InChI=1S/C12H21N3O/c1-9(7-8-13)15(2)12(16)10-5-3-4-6-11(10)14/h9-11H,3-7,14H2,1-2H3. The molecule has 3 atom stereocenters. The largest absolute Gasteiger partial charge is 0.342 e. The van der Waals surface area contributed by atoms with Crippen molar-refractivity contribution in [3.8, 4) is 6.07 Å². The van der Waals surface area contributed by atoms with Crippen molar-refractivity contribution in [3.63, 3.8) is 0 Å². The van der Waals surface area contributed by atoms with Crippen molar-refractivity contribution in [1.29, 1.82) is 5.26 Å². The van der Waals surface area contributed by atoms with Crippen molar-refractivity contribution in [2.75, 3.05) is 7.05 Å². The van der Waals surface area contributed by atoms with Gasteiger partial charge in [-0.05, 0) is 19.8 Å². The summed E-state index contributed by atoms with van der Waals surface area (Å²) < 4.78 is 0. The number of nitrogens with zero attached hydrogens (tertiary/aromatic N) is 2. The first-order chi connectivity index (χ1) is 7.57. The Kier molecular flexibility index (Phi) is 4.75. The van der Waals surface area contributed by atoms with Gasteiger partial charge in [0.15, 0.2) is 0 Å². The molecule has 1 aliphatic rings. The lowest BCUT2D eigenvalue weighted by Crippen LogP contribution is -2.47. The Morgan fingerprint density at radius 1 is 1.56 bits per heavy atom. The van der Waals surface area contributed by atoms with Gasteiger partial charge in [-0.2, -0.15) is 5.26 Å². The van der Waals surface area contributed by atoms with Crippen LogP contribution in [0.25, 0.3) is 0 Å². The van der Waals surface area contributed by atoms with E-state index in [-0.39, 0.29) is 23.9 Å². The molecular formula is C12H21N3O. The molecule has 4 heteroatoms. The number of hydrogen-bond acceptors (Lipinski definition) is 3. The predicted molar refractivity (Wildman–Crippen MR) is 62.4 cm³/mol. The molecule has 1 aliphatic carbocycles. The average Bonchev–Trinajstić information content (AvgIpc) is 2.28. The number of nitrogens with two attached hydrogens (primary N) is 1. The highest BCUT2D eigenvalue weighted by Crippen LogP contribution is 2.25.